The van der Waals surface area contributed by atoms with Gasteiger partial charge < -0.3 is 19.9 Å². The molecule has 2 saturated heterocycles. The Morgan fingerprint density at radius 1 is 1.10 bits per heavy atom. The Kier molecular flexibility index (Phi) is 4.29. The zero-order chi connectivity index (χ0) is 14.7. The summed E-state index contributed by atoms with van der Waals surface area (Å²) >= 11 is 0. The van der Waals surface area contributed by atoms with Crippen LogP contribution in [0, 0.1) is 0 Å². The van der Waals surface area contributed by atoms with Gasteiger partial charge in [-0.2, -0.15) is 0 Å². The van der Waals surface area contributed by atoms with Gasteiger partial charge >= 0.3 is 0 Å². The Balaban J connectivity index is 1.87. The quantitative estimate of drug-likeness (QED) is 0.925. The molecule has 0 unspecified atom stereocenters. The molecule has 2 aliphatic heterocycles. The number of benzene rings is 1. The fourth-order valence-corrected chi connectivity index (χ4v) is 3.07. The normalized spacial score (nSPS) is 18.9. The molecule has 2 heterocycles. The molecule has 21 heavy (non-hydrogen) atoms. The van der Waals surface area contributed by atoms with Crippen LogP contribution in [0.25, 0.3) is 0 Å². The van der Waals surface area contributed by atoms with E-state index in [0.29, 0.717) is 0 Å². The molecule has 1 N–H and O–H groups in total. The van der Waals surface area contributed by atoms with Gasteiger partial charge in [0.05, 0.1) is 24.6 Å². The second kappa shape index (κ2) is 6.35. The van der Waals surface area contributed by atoms with E-state index in [4.69, 9.17) is 4.74 Å². The van der Waals surface area contributed by atoms with E-state index in [9.17, 15) is 4.79 Å². The van der Waals surface area contributed by atoms with Crippen LogP contribution in [0.4, 0.5) is 17.1 Å². The lowest BCUT2D eigenvalue weighted by Gasteiger charge is -2.30. The second-order valence-corrected chi connectivity index (χ2v) is 5.68. The van der Waals surface area contributed by atoms with E-state index in [1.165, 1.54) is 12.8 Å². The summed E-state index contributed by atoms with van der Waals surface area (Å²) in [5, 5.41) is 2.99. The zero-order valence-corrected chi connectivity index (χ0v) is 12.6. The fraction of sp³-hybridized carbons (Fsp3) is 0.562. The van der Waals surface area contributed by atoms with Crippen molar-refractivity contribution in [2.45, 2.75) is 19.8 Å². The van der Waals surface area contributed by atoms with E-state index in [-0.39, 0.29) is 5.91 Å². The van der Waals surface area contributed by atoms with Gasteiger partial charge in [0, 0.05) is 38.8 Å². The number of amides is 1. The van der Waals surface area contributed by atoms with Crippen molar-refractivity contribution in [1.82, 2.24) is 0 Å². The lowest BCUT2D eigenvalue weighted by atomic mass is 10.2. The van der Waals surface area contributed by atoms with Gasteiger partial charge in [0.1, 0.15) is 0 Å². The molecule has 0 aliphatic carbocycles. The molecule has 0 radical (unpaired) electrons. The lowest BCUT2D eigenvalue weighted by Crippen LogP contribution is -2.36. The summed E-state index contributed by atoms with van der Waals surface area (Å²) in [4.78, 5) is 16.2. The number of hydrogen-bond acceptors (Lipinski definition) is 4. The van der Waals surface area contributed by atoms with Crippen molar-refractivity contribution in [3.8, 4) is 0 Å². The van der Waals surface area contributed by atoms with Crippen LogP contribution in [0.1, 0.15) is 19.8 Å². The molecule has 1 aromatic carbocycles. The summed E-state index contributed by atoms with van der Waals surface area (Å²) in [6.45, 7) is 7.06. The van der Waals surface area contributed by atoms with Crippen molar-refractivity contribution in [2.24, 2.45) is 0 Å². The Bertz CT molecular complexity index is 506. The molecule has 0 spiro atoms. The molecule has 5 heteroatoms. The molecular weight excluding hydrogens is 266 g/mol. The number of hydrogen-bond donors (Lipinski definition) is 1. The minimum atomic E-state index is -0.0189. The first kappa shape index (κ1) is 14.2. The highest BCUT2D eigenvalue weighted by Gasteiger charge is 2.18. The average Bonchev–Trinajstić information content (AvgIpc) is 3.01. The van der Waals surface area contributed by atoms with Crippen molar-refractivity contribution in [3.63, 3.8) is 0 Å². The summed E-state index contributed by atoms with van der Waals surface area (Å²) < 4.78 is 5.40. The summed E-state index contributed by atoms with van der Waals surface area (Å²) in [6.07, 6.45) is 2.45. The molecule has 0 atom stereocenters. The molecular formula is C16H23N3O2. The number of rotatable bonds is 3. The van der Waals surface area contributed by atoms with Crippen molar-refractivity contribution in [2.75, 3.05) is 54.5 Å². The van der Waals surface area contributed by atoms with Gasteiger partial charge in [0.15, 0.2) is 0 Å². The SMILES string of the molecule is CC(=O)Nc1cc(N2CCOCC2)ccc1N1CCCC1. The highest BCUT2D eigenvalue weighted by molar-refractivity contribution is 5.94. The summed E-state index contributed by atoms with van der Waals surface area (Å²) in [7, 11) is 0. The first-order valence-corrected chi connectivity index (χ1v) is 7.73. The first-order chi connectivity index (χ1) is 10.2. The standard InChI is InChI=1S/C16H23N3O2/c1-13(20)17-15-12-14(18-8-10-21-11-9-18)4-5-16(15)19-6-2-3-7-19/h4-5,12H,2-3,6-11H2,1H3,(H,17,20). The maximum Gasteiger partial charge on any atom is 0.221 e. The molecule has 114 valence electrons. The highest BCUT2D eigenvalue weighted by atomic mass is 16.5. The molecule has 0 bridgehead atoms. The van der Waals surface area contributed by atoms with Gasteiger partial charge in [-0.15, -0.1) is 0 Å². The smallest absolute Gasteiger partial charge is 0.221 e. The van der Waals surface area contributed by atoms with Crippen molar-refractivity contribution in [3.05, 3.63) is 18.2 Å². The maximum atomic E-state index is 11.5. The van der Waals surface area contributed by atoms with Crippen LogP contribution in [-0.4, -0.2) is 45.3 Å². The van der Waals surface area contributed by atoms with Gasteiger partial charge in [-0.1, -0.05) is 0 Å². The van der Waals surface area contributed by atoms with Crippen molar-refractivity contribution >= 4 is 23.0 Å². The summed E-state index contributed by atoms with van der Waals surface area (Å²) in [5.41, 5.74) is 3.22. The number of nitrogens with zero attached hydrogens (tertiary/aromatic N) is 2. The summed E-state index contributed by atoms with van der Waals surface area (Å²) in [5.74, 6) is -0.0189. The predicted molar refractivity (Wildman–Crippen MR) is 85.2 cm³/mol. The van der Waals surface area contributed by atoms with Crippen molar-refractivity contribution < 1.29 is 9.53 Å². The maximum absolute atomic E-state index is 11.5. The molecule has 1 aromatic rings. The number of nitrogens with one attached hydrogen (secondary N) is 1. The van der Waals surface area contributed by atoms with E-state index >= 15 is 0 Å². The predicted octanol–water partition coefficient (Wildman–Crippen LogP) is 2.08. The fourth-order valence-electron chi connectivity index (χ4n) is 3.07. The number of carbonyl (C=O) groups is 1. The molecule has 0 saturated carbocycles. The number of carbonyl (C=O) groups excluding carboxylic acids is 1. The van der Waals surface area contributed by atoms with Crippen LogP contribution in [0.15, 0.2) is 18.2 Å². The van der Waals surface area contributed by atoms with Gasteiger partial charge in [0.2, 0.25) is 5.91 Å². The van der Waals surface area contributed by atoms with Crippen LogP contribution in [0.2, 0.25) is 0 Å². The Morgan fingerprint density at radius 3 is 2.48 bits per heavy atom. The highest BCUT2D eigenvalue weighted by Crippen LogP contribution is 2.33. The monoisotopic (exact) mass is 289 g/mol. The van der Waals surface area contributed by atoms with Gasteiger partial charge in [-0.05, 0) is 31.0 Å². The third-order valence-corrected chi connectivity index (χ3v) is 4.11. The van der Waals surface area contributed by atoms with E-state index in [1.54, 1.807) is 6.92 Å². The van der Waals surface area contributed by atoms with Crippen LogP contribution in [-0.2, 0) is 9.53 Å². The molecule has 2 aliphatic rings. The van der Waals surface area contributed by atoms with Crippen molar-refractivity contribution in [1.29, 1.82) is 0 Å². The third kappa shape index (κ3) is 3.29. The van der Waals surface area contributed by atoms with Crippen LogP contribution < -0.4 is 15.1 Å². The number of morpholine rings is 1. The minimum Gasteiger partial charge on any atom is -0.378 e. The van der Waals surface area contributed by atoms with Crippen LogP contribution in [0.3, 0.4) is 0 Å². The van der Waals surface area contributed by atoms with Crippen LogP contribution >= 0.6 is 0 Å². The molecule has 1 amide bonds. The third-order valence-electron chi connectivity index (χ3n) is 4.11. The van der Waals surface area contributed by atoms with Gasteiger partial charge in [-0.3, -0.25) is 4.79 Å². The van der Waals surface area contributed by atoms with E-state index in [2.05, 4.69) is 33.3 Å². The second-order valence-electron chi connectivity index (χ2n) is 5.68. The molecule has 3 rings (SSSR count). The minimum absolute atomic E-state index is 0.0189. The summed E-state index contributed by atoms with van der Waals surface area (Å²) in [6, 6.07) is 6.39. The number of ether oxygens (including phenoxy) is 1. The first-order valence-electron chi connectivity index (χ1n) is 7.73. The Hall–Kier alpha value is -1.75. The molecule has 0 aromatic heterocycles. The molecule has 5 nitrogen and oxygen atoms in total. The van der Waals surface area contributed by atoms with E-state index < -0.39 is 0 Å². The molecule has 2 fully saturated rings. The topological polar surface area (TPSA) is 44.8 Å². The van der Waals surface area contributed by atoms with Gasteiger partial charge in [-0.25, -0.2) is 0 Å². The van der Waals surface area contributed by atoms with Gasteiger partial charge in [0.25, 0.3) is 0 Å². The van der Waals surface area contributed by atoms with E-state index in [0.717, 1.165) is 56.5 Å². The number of anilines is 3. The lowest BCUT2D eigenvalue weighted by molar-refractivity contribution is -0.114. The largest absolute Gasteiger partial charge is 0.378 e. The van der Waals surface area contributed by atoms with Crippen LogP contribution in [0.5, 0.6) is 0 Å². The zero-order valence-electron chi connectivity index (χ0n) is 12.6. The Morgan fingerprint density at radius 2 is 1.81 bits per heavy atom. The van der Waals surface area contributed by atoms with E-state index in [1.807, 2.05) is 0 Å². The average molecular weight is 289 g/mol. The Labute approximate surface area is 125 Å².